The van der Waals surface area contributed by atoms with Gasteiger partial charge in [-0.25, -0.2) is 0 Å². The number of aromatic nitrogens is 1. The van der Waals surface area contributed by atoms with E-state index in [-0.39, 0.29) is 0 Å². The summed E-state index contributed by atoms with van der Waals surface area (Å²) in [4.78, 5) is 6.44. The Kier molecular flexibility index (Phi) is 5.79. The van der Waals surface area contributed by atoms with Gasteiger partial charge < -0.3 is 0 Å². The monoisotopic (exact) mass is 218 g/mol. The molecule has 0 bridgehead atoms. The Morgan fingerprint density at radius 2 is 2.00 bits per heavy atom. The van der Waals surface area contributed by atoms with E-state index in [4.69, 9.17) is 0 Å². The van der Waals surface area contributed by atoms with Gasteiger partial charge in [0.05, 0.1) is 0 Å². The second-order valence-corrected chi connectivity index (χ2v) is 4.36. The second kappa shape index (κ2) is 7.18. The maximum atomic E-state index is 4.03. The van der Waals surface area contributed by atoms with Crippen molar-refractivity contribution in [2.75, 3.05) is 13.1 Å². The fraction of sp³-hybridized carbons (Fsp3) is 0.500. The van der Waals surface area contributed by atoms with E-state index in [2.05, 4.69) is 54.9 Å². The van der Waals surface area contributed by atoms with Gasteiger partial charge in [0.25, 0.3) is 0 Å². The predicted molar refractivity (Wildman–Crippen MR) is 69.2 cm³/mol. The minimum absolute atomic E-state index is 0.639. The number of pyridine rings is 1. The van der Waals surface area contributed by atoms with Crippen LogP contribution in [0.25, 0.3) is 0 Å². The molecule has 0 aromatic carbocycles. The van der Waals surface area contributed by atoms with Crippen molar-refractivity contribution < 1.29 is 0 Å². The summed E-state index contributed by atoms with van der Waals surface area (Å²) in [6.45, 7) is 9.71. The molecular formula is C14H22N2. The van der Waals surface area contributed by atoms with Gasteiger partial charge in [-0.2, -0.15) is 0 Å². The first-order valence-corrected chi connectivity index (χ1v) is 6.00. The minimum Gasteiger partial charge on any atom is -0.296 e. The van der Waals surface area contributed by atoms with Crippen LogP contribution in [0.5, 0.6) is 0 Å². The molecule has 0 atom stereocenters. The van der Waals surface area contributed by atoms with Crippen LogP contribution < -0.4 is 0 Å². The number of allylic oxidation sites excluding steroid dienone is 1. The number of rotatable bonds is 6. The molecule has 0 amide bonds. The van der Waals surface area contributed by atoms with Crippen LogP contribution in [0, 0.1) is 5.92 Å². The molecule has 0 aliphatic rings. The van der Waals surface area contributed by atoms with Crippen LogP contribution in [-0.2, 0) is 6.54 Å². The van der Waals surface area contributed by atoms with Gasteiger partial charge in [0, 0.05) is 25.5 Å². The Morgan fingerprint density at radius 3 is 2.56 bits per heavy atom. The highest BCUT2D eigenvalue weighted by molar-refractivity contribution is 5.09. The molecule has 2 nitrogen and oxygen atoms in total. The topological polar surface area (TPSA) is 16.1 Å². The van der Waals surface area contributed by atoms with Crippen LogP contribution in [0.4, 0.5) is 0 Å². The first kappa shape index (κ1) is 12.9. The number of nitrogens with zero attached hydrogens (tertiary/aromatic N) is 2. The third-order valence-electron chi connectivity index (χ3n) is 2.49. The fourth-order valence-electron chi connectivity index (χ4n) is 1.53. The second-order valence-electron chi connectivity index (χ2n) is 4.36. The molecule has 0 saturated carbocycles. The van der Waals surface area contributed by atoms with E-state index in [1.54, 1.807) is 0 Å². The van der Waals surface area contributed by atoms with E-state index >= 15 is 0 Å². The molecule has 0 aliphatic carbocycles. The smallest absolute Gasteiger partial charge is 0.0271 e. The first-order chi connectivity index (χ1) is 7.72. The largest absolute Gasteiger partial charge is 0.296 e. The molecule has 0 saturated heterocycles. The Bertz CT molecular complexity index is 304. The van der Waals surface area contributed by atoms with E-state index in [1.807, 2.05) is 12.4 Å². The van der Waals surface area contributed by atoms with E-state index in [0.717, 1.165) is 19.6 Å². The summed E-state index contributed by atoms with van der Waals surface area (Å²) in [7, 11) is 0. The molecule has 1 aromatic rings. The molecule has 0 aliphatic heterocycles. The number of hydrogen-bond donors (Lipinski definition) is 0. The third kappa shape index (κ3) is 5.08. The quantitative estimate of drug-likeness (QED) is 0.682. The van der Waals surface area contributed by atoms with Crippen LogP contribution in [0.2, 0.25) is 0 Å². The Balaban J connectivity index is 2.43. The Hall–Kier alpha value is -1.15. The van der Waals surface area contributed by atoms with E-state index in [9.17, 15) is 0 Å². The molecule has 0 unspecified atom stereocenters. The van der Waals surface area contributed by atoms with E-state index in [0.29, 0.717) is 5.92 Å². The molecule has 0 N–H and O–H groups in total. The van der Waals surface area contributed by atoms with Crippen LogP contribution in [0.15, 0.2) is 36.7 Å². The molecule has 1 aromatic heterocycles. The standard InChI is InChI=1S/C14H22N2/c1-4-16(11-5-6-13(2)3)12-14-7-9-15-10-8-14/h5-10,13H,4,11-12H2,1-3H3/b6-5+. The minimum atomic E-state index is 0.639. The van der Waals surface area contributed by atoms with Crippen LogP contribution in [0.3, 0.4) is 0 Å². The molecule has 1 rings (SSSR count). The van der Waals surface area contributed by atoms with Crippen LogP contribution in [-0.4, -0.2) is 23.0 Å². The third-order valence-corrected chi connectivity index (χ3v) is 2.49. The fourth-order valence-corrected chi connectivity index (χ4v) is 1.53. The maximum Gasteiger partial charge on any atom is 0.0271 e. The zero-order valence-corrected chi connectivity index (χ0v) is 10.6. The van der Waals surface area contributed by atoms with Crippen molar-refractivity contribution in [2.45, 2.75) is 27.3 Å². The van der Waals surface area contributed by atoms with Crippen LogP contribution >= 0.6 is 0 Å². The summed E-state index contributed by atoms with van der Waals surface area (Å²) < 4.78 is 0. The number of likely N-dealkylation sites (N-methyl/N-ethyl adjacent to an activating group) is 1. The molecule has 0 radical (unpaired) electrons. The van der Waals surface area contributed by atoms with E-state index in [1.165, 1.54) is 5.56 Å². The van der Waals surface area contributed by atoms with Crippen molar-refractivity contribution >= 4 is 0 Å². The van der Waals surface area contributed by atoms with Crippen molar-refractivity contribution in [3.05, 3.63) is 42.2 Å². The van der Waals surface area contributed by atoms with Gasteiger partial charge >= 0.3 is 0 Å². The lowest BCUT2D eigenvalue weighted by molar-refractivity contribution is 0.310. The molecule has 88 valence electrons. The van der Waals surface area contributed by atoms with Gasteiger partial charge in [-0.1, -0.05) is 32.9 Å². The maximum absolute atomic E-state index is 4.03. The molecular weight excluding hydrogens is 196 g/mol. The molecule has 0 spiro atoms. The predicted octanol–water partition coefficient (Wildman–Crippen LogP) is 3.12. The highest BCUT2D eigenvalue weighted by atomic mass is 15.1. The summed E-state index contributed by atoms with van der Waals surface area (Å²) in [5, 5.41) is 0. The summed E-state index contributed by atoms with van der Waals surface area (Å²) in [5.74, 6) is 0.639. The van der Waals surface area contributed by atoms with E-state index < -0.39 is 0 Å². The molecule has 16 heavy (non-hydrogen) atoms. The van der Waals surface area contributed by atoms with Gasteiger partial charge in [0.2, 0.25) is 0 Å². The molecule has 2 heteroatoms. The lowest BCUT2D eigenvalue weighted by atomic mass is 10.2. The van der Waals surface area contributed by atoms with Gasteiger partial charge in [0.15, 0.2) is 0 Å². The summed E-state index contributed by atoms with van der Waals surface area (Å²) >= 11 is 0. The van der Waals surface area contributed by atoms with Gasteiger partial charge in [-0.15, -0.1) is 0 Å². The molecule has 1 heterocycles. The SMILES string of the molecule is CCN(C/C=C/C(C)C)Cc1ccncc1. The van der Waals surface area contributed by atoms with Gasteiger partial charge in [-0.05, 0) is 30.2 Å². The summed E-state index contributed by atoms with van der Waals surface area (Å²) in [5.41, 5.74) is 1.33. The Morgan fingerprint density at radius 1 is 1.31 bits per heavy atom. The zero-order valence-electron chi connectivity index (χ0n) is 10.6. The highest BCUT2D eigenvalue weighted by Crippen LogP contribution is 2.03. The highest BCUT2D eigenvalue weighted by Gasteiger charge is 2.00. The van der Waals surface area contributed by atoms with Crippen LogP contribution in [0.1, 0.15) is 26.3 Å². The normalized spacial score (nSPS) is 11.8. The van der Waals surface area contributed by atoms with Crippen molar-refractivity contribution in [1.82, 2.24) is 9.88 Å². The number of hydrogen-bond acceptors (Lipinski definition) is 2. The van der Waals surface area contributed by atoms with Gasteiger partial charge in [0.1, 0.15) is 0 Å². The first-order valence-electron chi connectivity index (χ1n) is 6.00. The zero-order chi connectivity index (χ0) is 11.8. The summed E-state index contributed by atoms with van der Waals surface area (Å²) in [6, 6.07) is 4.16. The summed E-state index contributed by atoms with van der Waals surface area (Å²) in [6.07, 6.45) is 8.23. The lowest BCUT2D eigenvalue weighted by Gasteiger charge is -2.18. The van der Waals surface area contributed by atoms with Crippen molar-refractivity contribution in [1.29, 1.82) is 0 Å². The average Bonchev–Trinajstić information content (AvgIpc) is 2.28. The Labute approximate surface area is 99.0 Å². The van der Waals surface area contributed by atoms with Crippen molar-refractivity contribution in [3.63, 3.8) is 0 Å². The van der Waals surface area contributed by atoms with Crippen molar-refractivity contribution in [2.24, 2.45) is 5.92 Å². The molecule has 0 fully saturated rings. The van der Waals surface area contributed by atoms with Crippen molar-refractivity contribution in [3.8, 4) is 0 Å². The lowest BCUT2D eigenvalue weighted by Crippen LogP contribution is -2.22. The van der Waals surface area contributed by atoms with Gasteiger partial charge in [-0.3, -0.25) is 9.88 Å². The average molecular weight is 218 g/mol.